The fourth-order valence-corrected chi connectivity index (χ4v) is 4.27. The largest absolute Gasteiger partial charge is 0.348 e. The third kappa shape index (κ3) is 1.93. The van der Waals surface area contributed by atoms with Crippen LogP contribution in [0, 0.1) is 6.20 Å². The van der Waals surface area contributed by atoms with Crippen molar-refractivity contribution in [1.82, 2.24) is 24.8 Å². The third-order valence-electron chi connectivity index (χ3n) is 4.64. The monoisotopic (exact) mass is 311 g/mol. The zero-order valence-corrected chi connectivity index (χ0v) is 12.8. The number of H-pyrrole nitrogens is 1. The van der Waals surface area contributed by atoms with Crippen LogP contribution in [-0.4, -0.2) is 50.0 Å². The molecule has 0 saturated carbocycles. The maximum absolute atomic E-state index is 4.69. The lowest BCUT2D eigenvalue weighted by Crippen LogP contribution is -2.46. The molecule has 2 aliphatic rings. The first-order chi connectivity index (χ1) is 10.9. The molecule has 2 atom stereocenters. The Morgan fingerprint density at radius 3 is 3.18 bits per heavy atom. The van der Waals surface area contributed by atoms with Gasteiger partial charge in [-0.15, -0.1) is 11.3 Å². The molecule has 2 saturated heterocycles. The van der Waals surface area contributed by atoms with Gasteiger partial charge in [0.2, 0.25) is 5.95 Å². The van der Waals surface area contributed by atoms with Crippen LogP contribution in [0.15, 0.2) is 23.8 Å². The van der Waals surface area contributed by atoms with E-state index in [4.69, 9.17) is 4.98 Å². The molecule has 3 aromatic rings. The Balaban J connectivity index is 1.35. The SMILES string of the molecule is [c]1nc(N2C[C@@H]3C[C@H]2CN3Cc2ncc[nH]2)nc2ccsc12. The van der Waals surface area contributed by atoms with E-state index >= 15 is 0 Å². The number of aromatic amines is 1. The number of piperazine rings is 1. The van der Waals surface area contributed by atoms with Gasteiger partial charge in [0.15, 0.2) is 0 Å². The molecule has 111 valence electrons. The van der Waals surface area contributed by atoms with Gasteiger partial charge in [0.25, 0.3) is 0 Å². The highest BCUT2D eigenvalue weighted by Crippen LogP contribution is 2.34. The molecule has 0 aliphatic carbocycles. The highest BCUT2D eigenvalue weighted by molar-refractivity contribution is 7.17. The quantitative estimate of drug-likeness (QED) is 0.797. The van der Waals surface area contributed by atoms with Gasteiger partial charge in [-0.2, -0.15) is 0 Å². The van der Waals surface area contributed by atoms with E-state index in [1.54, 1.807) is 11.3 Å². The van der Waals surface area contributed by atoms with E-state index in [0.29, 0.717) is 12.1 Å². The second-order valence-corrected chi connectivity index (χ2v) is 6.85. The predicted octanol–water partition coefficient (Wildman–Crippen LogP) is 1.68. The van der Waals surface area contributed by atoms with Crippen molar-refractivity contribution in [2.75, 3.05) is 18.0 Å². The van der Waals surface area contributed by atoms with Gasteiger partial charge in [-0.05, 0) is 17.9 Å². The molecule has 5 heterocycles. The topological polar surface area (TPSA) is 60.9 Å². The molecule has 1 radical (unpaired) electrons. The molecular weight excluding hydrogens is 296 g/mol. The Hall–Kier alpha value is -1.99. The van der Waals surface area contributed by atoms with Gasteiger partial charge in [0.05, 0.1) is 16.8 Å². The number of thiophene rings is 1. The number of rotatable bonds is 3. The zero-order valence-electron chi connectivity index (χ0n) is 11.9. The van der Waals surface area contributed by atoms with Crippen LogP contribution in [0.2, 0.25) is 0 Å². The van der Waals surface area contributed by atoms with Crippen molar-refractivity contribution in [3.8, 4) is 0 Å². The lowest BCUT2D eigenvalue weighted by Gasteiger charge is -2.33. The Morgan fingerprint density at radius 1 is 1.36 bits per heavy atom. The summed E-state index contributed by atoms with van der Waals surface area (Å²) < 4.78 is 1.03. The van der Waals surface area contributed by atoms with Crippen LogP contribution in [0.25, 0.3) is 10.2 Å². The lowest BCUT2D eigenvalue weighted by molar-refractivity contribution is 0.225. The standard InChI is InChI=1S/C15H15N6S/c1-4-22-13-6-18-15(19-12(1)13)21-8-10-5-11(21)7-20(10)9-14-16-2-3-17-14/h1-4,10-11H,5,7-9H2,(H,16,17)/t10-,11-/m0/s1. The molecule has 0 unspecified atom stereocenters. The summed E-state index contributed by atoms with van der Waals surface area (Å²) in [6, 6.07) is 3.11. The third-order valence-corrected chi connectivity index (χ3v) is 5.45. The number of aromatic nitrogens is 4. The van der Waals surface area contributed by atoms with Gasteiger partial charge in [0, 0.05) is 37.6 Å². The van der Waals surface area contributed by atoms with Gasteiger partial charge in [-0.3, -0.25) is 4.90 Å². The number of likely N-dealkylation sites (tertiary alicyclic amines) is 1. The van der Waals surface area contributed by atoms with Gasteiger partial charge in [-0.25, -0.2) is 15.0 Å². The predicted molar refractivity (Wildman–Crippen MR) is 84.8 cm³/mol. The summed E-state index contributed by atoms with van der Waals surface area (Å²) in [5.41, 5.74) is 1.00. The van der Waals surface area contributed by atoms with Crippen LogP contribution in [-0.2, 0) is 6.54 Å². The number of fused-ring (bicyclic) bond motifs is 3. The first-order valence-electron chi connectivity index (χ1n) is 7.49. The highest BCUT2D eigenvalue weighted by atomic mass is 32.1. The van der Waals surface area contributed by atoms with E-state index in [1.165, 1.54) is 6.42 Å². The normalized spacial score (nSPS) is 24.6. The average Bonchev–Trinajstić information content (AvgIpc) is 3.30. The summed E-state index contributed by atoms with van der Waals surface area (Å²) in [5, 5.41) is 2.04. The van der Waals surface area contributed by atoms with Crippen LogP contribution in [0.3, 0.4) is 0 Å². The molecule has 0 spiro atoms. The Morgan fingerprint density at radius 2 is 2.36 bits per heavy atom. The first kappa shape index (κ1) is 12.5. The van der Waals surface area contributed by atoms with Crippen molar-refractivity contribution in [3.05, 3.63) is 35.9 Å². The lowest BCUT2D eigenvalue weighted by atomic mass is 10.2. The van der Waals surface area contributed by atoms with Crippen molar-refractivity contribution in [2.45, 2.75) is 25.0 Å². The Bertz CT molecular complexity index is 797. The van der Waals surface area contributed by atoms with Crippen LogP contribution in [0.4, 0.5) is 5.95 Å². The number of imidazole rings is 1. The summed E-state index contributed by atoms with van der Waals surface area (Å²) in [6.45, 7) is 2.95. The number of nitrogens with zero attached hydrogens (tertiary/aromatic N) is 5. The molecule has 7 heteroatoms. The molecule has 2 aliphatic heterocycles. The molecule has 5 rings (SSSR count). The maximum atomic E-state index is 4.69. The summed E-state index contributed by atoms with van der Waals surface area (Å²) >= 11 is 1.64. The van der Waals surface area contributed by atoms with Crippen molar-refractivity contribution < 1.29 is 0 Å². The van der Waals surface area contributed by atoms with Crippen molar-refractivity contribution in [2.24, 2.45) is 0 Å². The maximum Gasteiger partial charge on any atom is 0.226 e. The Kier molecular flexibility index (Phi) is 2.71. The number of nitrogens with one attached hydrogen (secondary N) is 1. The molecular formula is C15H15N6S. The zero-order chi connectivity index (χ0) is 14.5. The van der Waals surface area contributed by atoms with Crippen molar-refractivity contribution in [3.63, 3.8) is 0 Å². The van der Waals surface area contributed by atoms with Gasteiger partial charge < -0.3 is 9.88 Å². The second-order valence-electron chi connectivity index (χ2n) is 5.93. The molecule has 6 nitrogen and oxygen atoms in total. The summed E-state index contributed by atoms with van der Waals surface area (Å²) in [6.07, 6.45) is 8.01. The average molecular weight is 311 g/mol. The summed E-state index contributed by atoms with van der Waals surface area (Å²) in [4.78, 5) is 21.5. The number of hydrogen-bond acceptors (Lipinski definition) is 6. The summed E-state index contributed by atoms with van der Waals surface area (Å²) in [7, 11) is 0. The van der Waals surface area contributed by atoms with E-state index in [9.17, 15) is 0 Å². The molecule has 22 heavy (non-hydrogen) atoms. The Labute approximate surface area is 131 Å². The highest BCUT2D eigenvalue weighted by Gasteiger charge is 2.44. The smallest absolute Gasteiger partial charge is 0.226 e. The number of anilines is 1. The number of hydrogen-bond donors (Lipinski definition) is 1. The fourth-order valence-electron chi connectivity index (χ4n) is 3.60. The molecule has 3 aromatic heterocycles. The fraction of sp³-hybridized carbons (Fsp3) is 0.400. The minimum absolute atomic E-state index is 0.504. The van der Waals surface area contributed by atoms with Crippen molar-refractivity contribution >= 4 is 27.5 Å². The molecule has 2 bridgehead atoms. The second kappa shape index (κ2) is 4.76. The van der Waals surface area contributed by atoms with E-state index in [-0.39, 0.29) is 0 Å². The van der Waals surface area contributed by atoms with Crippen molar-refractivity contribution in [1.29, 1.82) is 0 Å². The molecule has 0 aromatic carbocycles. The van der Waals surface area contributed by atoms with Crippen LogP contribution in [0.1, 0.15) is 12.2 Å². The van der Waals surface area contributed by atoms with Crippen LogP contribution >= 0.6 is 11.3 Å². The minimum atomic E-state index is 0.504. The molecule has 0 amide bonds. The van der Waals surface area contributed by atoms with Crippen LogP contribution in [0.5, 0.6) is 0 Å². The minimum Gasteiger partial charge on any atom is -0.348 e. The van der Waals surface area contributed by atoms with E-state index in [2.05, 4.69) is 30.9 Å². The van der Waals surface area contributed by atoms with Crippen LogP contribution < -0.4 is 4.90 Å². The van der Waals surface area contributed by atoms with Gasteiger partial charge >= 0.3 is 0 Å². The molecule has 2 fully saturated rings. The van der Waals surface area contributed by atoms with Gasteiger partial charge in [-0.1, -0.05) is 0 Å². The molecule has 1 N–H and O–H groups in total. The van der Waals surface area contributed by atoms with E-state index < -0.39 is 0 Å². The first-order valence-corrected chi connectivity index (χ1v) is 8.36. The van der Waals surface area contributed by atoms with E-state index in [1.807, 2.05) is 23.8 Å². The summed E-state index contributed by atoms with van der Waals surface area (Å²) in [5.74, 6) is 1.87. The van der Waals surface area contributed by atoms with Gasteiger partial charge in [0.1, 0.15) is 12.0 Å². The van der Waals surface area contributed by atoms with E-state index in [0.717, 1.165) is 41.6 Å².